The average molecular weight is 455 g/mol. The summed E-state index contributed by atoms with van der Waals surface area (Å²) in [5.41, 5.74) is 1.75. The highest BCUT2D eigenvalue weighted by Crippen LogP contribution is 2.33. The Kier molecular flexibility index (Phi) is 6.36. The van der Waals surface area contributed by atoms with Gasteiger partial charge in [-0.2, -0.15) is 0 Å². The molecule has 0 unspecified atom stereocenters. The molecule has 1 aliphatic heterocycles. The lowest BCUT2D eigenvalue weighted by Crippen LogP contribution is -2.31. The lowest BCUT2D eigenvalue weighted by molar-refractivity contribution is 0.102. The fraction of sp³-hybridized carbons (Fsp3) is 0.261. The minimum Gasteiger partial charge on any atom is -0.495 e. The van der Waals surface area contributed by atoms with Gasteiger partial charge in [0, 0.05) is 25.0 Å². The summed E-state index contributed by atoms with van der Waals surface area (Å²) in [6.07, 6.45) is 4.79. The van der Waals surface area contributed by atoms with Crippen LogP contribution in [0, 0.1) is 0 Å². The van der Waals surface area contributed by atoms with Crippen molar-refractivity contribution in [2.24, 2.45) is 0 Å². The summed E-state index contributed by atoms with van der Waals surface area (Å²) < 4.78 is 34.9. The quantitative estimate of drug-likeness (QED) is 0.499. The number of ether oxygens (including phenoxy) is 1. The Balaban J connectivity index is 1.71. The molecule has 0 saturated carbocycles. The second-order valence-electron chi connectivity index (χ2n) is 7.57. The van der Waals surface area contributed by atoms with E-state index in [1.807, 2.05) is 0 Å². The molecule has 1 amide bonds. The van der Waals surface area contributed by atoms with E-state index in [2.05, 4.69) is 19.9 Å². The van der Waals surface area contributed by atoms with Gasteiger partial charge in [-0.25, -0.2) is 8.42 Å². The summed E-state index contributed by atoms with van der Waals surface area (Å²) in [5.74, 6) is 0.0774. The van der Waals surface area contributed by atoms with Crippen molar-refractivity contribution in [2.45, 2.75) is 24.2 Å². The Labute approximate surface area is 187 Å². The highest BCUT2D eigenvalue weighted by atomic mass is 32.2. The Morgan fingerprint density at radius 1 is 1.03 bits per heavy atom. The average Bonchev–Trinajstić information content (AvgIpc) is 3.35. The van der Waals surface area contributed by atoms with Crippen LogP contribution in [-0.2, 0) is 10.0 Å². The van der Waals surface area contributed by atoms with Crippen LogP contribution in [0.1, 0.15) is 29.8 Å². The summed E-state index contributed by atoms with van der Waals surface area (Å²) >= 11 is 0. The number of hydrogen-bond donors (Lipinski definition) is 3. The molecule has 2 heterocycles. The number of aromatic amines is 1. The van der Waals surface area contributed by atoms with Gasteiger partial charge < -0.3 is 19.9 Å². The van der Waals surface area contributed by atoms with E-state index in [4.69, 9.17) is 4.74 Å². The third kappa shape index (κ3) is 4.72. The number of methoxy groups -OCH3 is 1. The van der Waals surface area contributed by atoms with E-state index < -0.39 is 10.0 Å². The number of rotatable bonds is 7. The number of benzene rings is 2. The molecule has 32 heavy (non-hydrogen) atoms. The molecule has 0 spiro atoms. The highest BCUT2D eigenvalue weighted by Gasteiger charge is 2.25. The number of carbonyl (C=O) groups excluding carboxylic acids is 1. The van der Waals surface area contributed by atoms with Gasteiger partial charge in [0.15, 0.2) is 0 Å². The molecule has 168 valence electrons. The van der Waals surface area contributed by atoms with Crippen LogP contribution in [0.15, 0.2) is 65.7 Å². The molecule has 1 aromatic heterocycles. The molecule has 8 nitrogen and oxygen atoms in total. The van der Waals surface area contributed by atoms with E-state index in [1.54, 1.807) is 54.7 Å². The lowest BCUT2D eigenvalue weighted by atomic mass is 10.1. The van der Waals surface area contributed by atoms with Crippen LogP contribution in [0.2, 0.25) is 0 Å². The maximum atomic E-state index is 13.5. The predicted molar refractivity (Wildman–Crippen MR) is 125 cm³/mol. The maximum Gasteiger partial charge on any atom is 0.272 e. The summed E-state index contributed by atoms with van der Waals surface area (Å²) in [7, 11) is -2.48. The topological polar surface area (TPSA) is 104 Å². The smallest absolute Gasteiger partial charge is 0.272 e. The standard InChI is InChI=1S/C23H26N4O4S/c1-31-21-10-4-3-8-18(21)26-32(29,30)22-16-17(25-23(28)19-9-7-13-24-19)11-12-20(22)27-14-5-2-6-15-27/h3-4,7-13,16,24,26H,2,5-6,14-15H2,1H3,(H,25,28). The van der Waals surface area contributed by atoms with Crippen molar-refractivity contribution < 1.29 is 17.9 Å². The second-order valence-corrected chi connectivity index (χ2v) is 9.22. The molecule has 3 aromatic rings. The van der Waals surface area contributed by atoms with Crippen LogP contribution >= 0.6 is 0 Å². The summed E-state index contributed by atoms with van der Waals surface area (Å²) in [5, 5.41) is 2.77. The molecular weight excluding hydrogens is 428 g/mol. The Morgan fingerprint density at radius 3 is 2.53 bits per heavy atom. The van der Waals surface area contributed by atoms with Crippen LogP contribution < -0.4 is 19.7 Å². The van der Waals surface area contributed by atoms with Crippen molar-refractivity contribution in [3.8, 4) is 5.75 Å². The van der Waals surface area contributed by atoms with Crippen molar-refractivity contribution in [3.63, 3.8) is 0 Å². The third-order valence-corrected chi connectivity index (χ3v) is 6.79. The zero-order valence-corrected chi connectivity index (χ0v) is 18.6. The zero-order valence-electron chi connectivity index (χ0n) is 17.8. The molecule has 9 heteroatoms. The summed E-state index contributed by atoms with van der Waals surface area (Å²) in [6, 6.07) is 15.2. The van der Waals surface area contributed by atoms with Gasteiger partial charge in [-0.3, -0.25) is 9.52 Å². The minimum absolute atomic E-state index is 0.106. The number of piperidine rings is 1. The third-order valence-electron chi connectivity index (χ3n) is 5.40. The molecule has 0 radical (unpaired) electrons. The van der Waals surface area contributed by atoms with Crippen LogP contribution in [0.25, 0.3) is 0 Å². The predicted octanol–water partition coefficient (Wildman–Crippen LogP) is 4.07. The van der Waals surface area contributed by atoms with Gasteiger partial charge in [-0.1, -0.05) is 12.1 Å². The minimum atomic E-state index is -3.97. The van der Waals surface area contributed by atoms with Crippen LogP contribution in [0.3, 0.4) is 0 Å². The van der Waals surface area contributed by atoms with Crippen molar-refractivity contribution in [1.82, 2.24) is 4.98 Å². The first kappa shape index (κ1) is 21.8. The Hall–Kier alpha value is -3.46. The number of nitrogens with one attached hydrogen (secondary N) is 3. The van der Waals surface area contributed by atoms with Gasteiger partial charge in [0.2, 0.25) is 0 Å². The molecule has 1 aliphatic rings. The van der Waals surface area contributed by atoms with Gasteiger partial charge in [-0.15, -0.1) is 0 Å². The number of H-pyrrole nitrogens is 1. The SMILES string of the molecule is COc1ccccc1NS(=O)(=O)c1cc(NC(=O)c2ccc[nH]2)ccc1N1CCCCC1. The largest absolute Gasteiger partial charge is 0.495 e. The second kappa shape index (κ2) is 9.35. The number of para-hydroxylation sites is 2. The van der Waals surface area contributed by atoms with E-state index in [-0.39, 0.29) is 10.8 Å². The molecule has 1 fully saturated rings. The van der Waals surface area contributed by atoms with Crippen LogP contribution in [0.5, 0.6) is 5.75 Å². The number of hydrogen-bond acceptors (Lipinski definition) is 5. The molecule has 0 aliphatic carbocycles. The van der Waals surface area contributed by atoms with Gasteiger partial charge >= 0.3 is 0 Å². The molecule has 0 atom stereocenters. The normalized spacial score (nSPS) is 14.1. The number of amides is 1. The first-order valence-electron chi connectivity index (χ1n) is 10.5. The van der Waals surface area contributed by atoms with Crippen molar-refractivity contribution in [3.05, 3.63) is 66.5 Å². The van der Waals surface area contributed by atoms with Crippen LogP contribution in [-0.4, -0.2) is 39.5 Å². The van der Waals surface area contributed by atoms with E-state index in [1.165, 1.54) is 13.2 Å². The van der Waals surface area contributed by atoms with E-state index in [9.17, 15) is 13.2 Å². The van der Waals surface area contributed by atoms with Gasteiger partial charge in [0.1, 0.15) is 16.3 Å². The highest BCUT2D eigenvalue weighted by molar-refractivity contribution is 7.93. The fourth-order valence-corrected chi connectivity index (χ4v) is 5.12. The molecule has 3 N–H and O–H groups in total. The van der Waals surface area contributed by atoms with Gasteiger partial charge in [0.25, 0.3) is 15.9 Å². The zero-order chi connectivity index (χ0) is 22.6. The molecule has 2 aromatic carbocycles. The summed E-state index contributed by atoms with van der Waals surface area (Å²) in [4.78, 5) is 17.5. The number of anilines is 3. The van der Waals surface area contributed by atoms with Crippen molar-refractivity contribution >= 4 is 33.0 Å². The monoisotopic (exact) mass is 454 g/mol. The Bertz CT molecular complexity index is 1190. The number of aromatic nitrogens is 1. The molecule has 0 bridgehead atoms. The van der Waals surface area contributed by atoms with E-state index >= 15 is 0 Å². The van der Waals surface area contributed by atoms with E-state index in [0.29, 0.717) is 28.5 Å². The van der Waals surface area contributed by atoms with Gasteiger partial charge in [-0.05, 0) is 61.7 Å². The fourth-order valence-electron chi connectivity index (χ4n) is 3.80. The van der Waals surface area contributed by atoms with E-state index in [0.717, 1.165) is 32.4 Å². The van der Waals surface area contributed by atoms with Crippen molar-refractivity contribution in [2.75, 3.05) is 35.1 Å². The molecule has 1 saturated heterocycles. The Morgan fingerprint density at radius 2 is 1.81 bits per heavy atom. The molecule has 4 rings (SSSR count). The number of nitrogens with zero attached hydrogens (tertiary/aromatic N) is 1. The van der Waals surface area contributed by atoms with Crippen molar-refractivity contribution in [1.29, 1.82) is 0 Å². The van der Waals surface area contributed by atoms with Crippen LogP contribution in [0.4, 0.5) is 17.1 Å². The summed E-state index contributed by atoms with van der Waals surface area (Å²) in [6.45, 7) is 1.57. The first-order chi connectivity index (χ1) is 15.5. The first-order valence-corrected chi connectivity index (χ1v) is 12.0. The number of carbonyl (C=O) groups is 1. The lowest BCUT2D eigenvalue weighted by Gasteiger charge is -2.30. The molecular formula is C23H26N4O4S. The van der Waals surface area contributed by atoms with Gasteiger partial charge in [0.05, 0.1) is 18.5 Å². The maximum absolute atomic E-state index is 13.5. The number of sulfonamides is 1.